The minimum Gasteiger partial charge on any atom is -0.497 e. The highest BCUT2D eigenvalue weighted by molar-refractivity contribution is 7.12. The predicted octanol–water partition coefficient (Wildman–Crippen LogP) is 5.52. The summed E-state index contributed by atoms with van der Waals surface area (Å²) in [6.07, 6.45) is 0. The number of methoxy groups -OCH3 is 2. The van der Waals surface area contributed by atoms with Gasteiger partial charge < -0.3 is 9.47 Å². The van der Waals surface area contributed by atoms with Crippen LogP contribution in [-0.4, -0.2) is 25.8 Å². The predicted molar refractivity (Wildman–Crippen MR) is 165 cm³/mol. The van der Waals surface area contributed by atoms with Crippen molar-refractivity contribution < 1.29 is 19.1 Å². The standard InChI is InChI=1S/C34H16N4O4S2/c1-37-23(15-35)29-21-13-17(41-3)5-7-19(21)33(39)31(29)27-11-9-25(43-27)26-10-12-28(44-26)32-30(24(16-36)38-2)22-14-18(42-4)6-8-20(22)34(32)40/h5-14H,3-4H3/b26-25+,29-23-,30-24+,31-27+,32-28+. The number of hydrogen-bond acceptors (Lipinski definition) is 8. The second-order valence-electron chi connectivity index (χ2n) is 9.45. The fourth-order valence-electron chi connectivity index (χ4n) is 5.32. The molecule has 2 aromatic carbocycles. The van der Waals surface area contributed by atoms with E-state index < -0.39 is 0 Å². The molecule has 8 nitrogen and oxygen atoms in total. The first kappa shape index (κ1) is 28.1. The van der Waals surface area contributed by atoms with Crippen molar-refractivity contribution in [3.8, 4) is 23.6 Å². The van der Waals surface area contributed by atoms with Crippen molar-refractivity contribution in [2.45, 2.75) is 0 Å². The zero-order chi connectivity index (χ0) is 31.1. The van der Waals surface area contributed by atoms with Crippen molar-refractivity contribution in [3.05, 3.63) is 135 Å². The highest BCUT2D eigenvalue weighted by Crippen LogP contribution is 2.43. The maximum atomic E-state index is 13.6. The molecule has 0 N–H and O–H groups in total. The third kappa shape index (κ3) is 4.23. The Labute approximate surface area is 258 Å². The highest BCUT2D eigenvalue weighted by Gasteiger charge is 2.35. The quantitative estimate of drug-likeness (QED) is 0.219. The Hall–Kier alpha value is -6.04. The van der Waals surface area contributed by atoms with Crippen LogP contribution >= 0.6 is 22.7 Å². The number of ether oxygens (including phenoxy) is 2. The normalized spacial score (nSPS) is 18.8. The maximum Gasteiger partial charge on any atom is 0.270 e. The summed E-state index contributed by atoms with van der Waals surface area (Å²) < 4.78 is 13.4. The van der Waals surface area contributed by atoms with E-state index in [2.05, 4.69) is 9.69 Å². The van der Waals surface area contributed by atoms with Gasteiger partial charge >= 0.3 is 0 Å². The smallest absolute Gasteiger partial charge is 0.270 e. The Morgan fingerprint density at radius 3 is 1.36 bits per heavy atom. The van der Waals surface area contributed by atoms with Crippen LogP contribution in [0.5, 0.6) is 11.5 Å². The molecule has 0 atom stereocenters. The van der Waals surface area contributed by atoms with Crippen molar-refractivity contribution in [2.24, 2.45) is 0 Å². The average molecular weight is 609 g/mol. The summed E-state index contributed by atoms with van der Waals surface area (Å²) in [5.41, 5.74) is 2.47. The van der Waals surface area contributed by atoms with Gasteiger partial charge in [0.15, 0.2) is 11.6 Å². The topological polar surface area (TPSA) is 109 Å². The number of rotatable bonds is 2. The van der Waals surface area contributed by atoms with E-state index in [1.54, 1.807) is 48.5 Å². The van der Waals surface area contributed by atoms with Gasteiger partial charge in [-0.25, -0.2) is 20.2 Å². The van der Waals surface area contributed by atoms with Crippen LogP contribution in [0.2, 0.25) is 0 Å². The van der Waals surface area contributed by atoms with Gasteiger partial charge in [-0.3, -0.25) is 9.59 Å². The molecule has 2 aliphatic carbocycles. The first-order valence-corrected chi connectivity index (χ1v) is 14.5. The van der Waals surface area contributed by atoms with Gasteiger partial charge in [0.25, 0.3) is 11.4 Å². The Kier molecular flexibility index (Phi) is 7.01. The zero-order valence-electron chi connectivity index (χ0n) is 23.0. The fraction of sp³-hybridized carbons (Fsp3) is 0.0588. The molecule has 0 bridgehead atoms. The Morgan fingerprint density at radius 1 is 0.636 bits per heavy atom. The van der Waals surface area contributed by atoms with E-state index in [1.165, 1.54) is 36.9 Å². The molecule has 0 saturated heterocycles. The number of nitrogens with zero attached hydrogens (tertiary/aromatic N) is 4. The molecule has 44 heavy (non-hydrogen) atoms. The number of thiophene rings is 2. The summed E-state index contributed by atoms with van der Waals surface area (Å²) in [5.74, 6) is 0.433. The average Bonchev–Trinajstić information content (AvgIpc) is 3.84. The fourth-order valence-corrected chi connectivity index (χ4v) is 7.52. The summed E-state index contributed by atoms with van der Waals surface area (Å²) in [6.45, 7) is 15.2. The second kappa shape index (κ2) is 11.0. The summed E-state index contributed by atoms with van der Waals surface area (Å²) in [5, 5.41) is 19.5. The van der Waals surface area contributed by atoms with Crippen molar-refractivity contribution in [3.63, 3.8) is 0 Å². The number of Topliss-reactive ketones (excluding diaryl/α,β-unsaturated/α-hetero) is 2. The lowest BCUT2D eigenvalue weighted by Crippen LogP contribution is -2.06. The number of benzene rings is 2. The molecule has 4 aromatic rings. The molecule has 0 saturated carbocycles. The van der Waals surface area contributed by atoms with Crippen LogP contribution in [0, 0.1) is 44.9 Å². The first-order valence-electron chi connectivity index (χ1n) is 12.8. The molecule has 208 valence electrons. The molecule has 10 heteroatoms. The lowest BCUT2D eigenvalue weighted by molar-refractivity contribution is 0.105. The number of fused-ring (bicyclic) bond motifs is 2. The van der Waals surface area contributed by atoms with Gasteiger partial charge in [-0.2, -0.15) is 0 Å². The van der Waals surface area contributed by atoms with Crippen LogP contribution < -0.4 is 18.5 Å². The van der Waals surface area contributed by atoms with Gasteiger partial charge in [0.05, 0.1) is 39.5 Å². The highest BCUT2D eigenvalue weighted by atomic mass is 32.1. The molecular weight excluding hydrogens is 593 g/mol. The molecule has 0 aliphatic heterocycles. The SMILES string of the molecule is [C-]#[N+]/C(C#N)=C1\C(=c2\cc/c(=c3/cc/c(=C4\C(=O)c5ccc(OC)cc5\C4=C(\C#N)[N+]#[C-])s3)s2)C(=O)c2ccc(OC)cc21. The molecule has 2 heterocycles. The summed E-state index contributed by atoms with van der Waals surface area (Å²) in [7, 11) is 3.00. The van der Waals surface area contributed by atoms with Crippen molar-refractivity contribution in [1.82, 2.24) is 0 Å². The molecule has 6 rings (SSSR count). The zero-order valence-corrected chi connectivity index (χ0v) is 24.6. The molecule has 0 fully saturated rings. The summed E-state index contributed by atoms with van der Waals surface area (Å²) >= 11 is 2.65. The van der Waals surface area contributed by atoms with Gasteiger partial charge in [-0.1, -0.05) is 0 Å². The van der Waals surface area contributed by atoms with Gasteiger partial charge in [0.1, 0.15) is 11.5 Å². The third-order valence-corrected chi connectivity index (χ3v) is 9.69. The van der Waals surface area contributed by atoms with Gasteiger partial charge in [-0.05, 0) is 71.8 Å². The van der Waals surface area contributed by atoms with Crippen LogP contribution in [-0.2, 0) is 0 Å². The van der Waals surface area contributed by atoms with Crippen molar-refractivity contribution in [2.75, 3.05) is 14.2 Å². The number of nitriles is 2. The van der Waals surface area contributed by atoms with Crippen LogP contribution in [0.1, 0.15) is 31.8 Å². The number of carbonyl (C=O) groups excluding carboxylic acids is 2. The van der Waals surface area contributed by atoms with Crippen LogP contribution in [0.4, 0.5) is 0 Å². The monoisotopic (exact) mass is 608 g/mol. The third-order valence-electron chi connectivity index (χ3n) is 7.29. The molecule has 0 spiro atoms. The molecule has 2 aliphatic rings. The minimum absolute atomic E-state index is 0.187. The van der Waals surface area contributed by atoms with E-state index in [4.69, 9.17) is 22.6 Å². The van der Waals surface area contributed by atoms with Crippen LogP contribution in [0.25, 0.3) is 32.0 Å². The Balaban J connectivity index is 1.62. The number of carbonyl (C=O) groups is 2. The largest absolute Gasteiger partial charge is 0.497 e. The van der Waals surface area contributed by atoms with E-state index in [9.17, 15) is 20.1 Å². The molecule has 2 aromatic heterocycles. The van der Waals surface area contributed by atoms with Gasteiger partial charge in [0.2, 0.25) is 0 Å². The molecular formula is C34H16N4O4S2. The number of ketones is 2. The van der Waals surface area contributed by atoms with E-state index >= 15 is 0 Å². The minimum atomic E-state index is -0.285. The van der Waals surface area contributed by atoms with Gasteiger partial charge in [-0.15, -0.1) is 22.7 Å². The molecule has 0 unspecified atom stereocenters. The van der Waals surface area contributed by atoms with Crippen LogP contribution in [0.3, 0.4) is 0 Å². The summed E-state index contributed by atoms with van der Waals surface area (Å²) in [6, 6.07) is 21.0. The molecule has 0 radical (unpaired) electrons. The van der Waals surface area contributed by atoms with Crippen molar-refractivity contribution >= 4 is 56.5 Å². The van der Waals surface area contributed by atoms with Crippen LogP contribution in [0.15, 0.2) is 72.1 Å². The first-order chi connectivity index (χ1) is 21.4. The van der Waals surface area contributed by atoms with E-state index in [0.717, 1.165) is 9.06 Å². The second-order valence-corrected chi connectivity index (χ2v) is 11.6. The lowest BCUT2D eigenvalue weighted by atomic mass is 10.0. The molecule has 0 amide bonds. The van der Waals surface area contributed by atoms with E-state index in [1.807, 2.05) is 24.3 Å². The van der Waals surface area contributed by atoms with Crippen molar-refractivity contribution in [1.29, 1.82) is 10.5 Å². The van der Waals surface area contributed by atoms with E-state index in [-0.39, 0.29) is 45.3 Å². The van der Waals surface area contributed by atoms with Gasteiger partial charge in [0, 0.05) is 51.5 Å². The summed E-state index contributed by atoms with van der Waals surface area (Å²) in [4.78, 5) is 34.0. The number of allylic oxidation sites excluding steroid dienone is 4. The van der Waals surface area contributed by atoms with E-state index in [0.29, 0.717) is 42.8 Å². The lowest BCUT2D eigenvalue weighted by Gasteiger charge is -2.04. The number of hydrogen-bond donors (Lipinski definition) is 0. The Bertz CT molecular complexity index is 2250. The maximum absolute atomic E-state index is 13.6. The Morgan fingerprint density at radius 2 is 1.02 bits per heavy atom.